The van der Waals surface area contributed by atoms with Crippen LogP contribution in [0.5, 0.6) is 0 Å². The van der Waals surface area contributed by atoms with Crippen LogP contribution in [-0.4, -0.2) is 5.78 Å². The second-order valence-corrected chi connectivity index (χ2v) is 10.7. The van der Waals surface area contributed by atoms with E-state index in [0.29, 0.717) is 12.3 Å². The van der Waals surface area contributed by atoms with Crippen LogP contribution < -0.4 is 0 Å². The second-order valence-electron chi connectivity index (χ2n) is 10.7. The van der Waals surface area contributed by atoms with Crippen molar-refractivity contribution in [2.75, 3.05) is 0 Å². The van der Waals surface area contributed by atoms with Crippen LogP contribution in [0.15, 0.2) is 48.5 Å². The Labute approximate surface area is 214 Å². The molecule has 3 rings (SSSR count). The minimum Gasteiger partial charge on any atom is -0.294 e. The van der Waals surface area contributed by atoms with Crippen LogP contribution in [0.1, 0.15) is 132 Å². The Hall–Kier alpha value is -2.40. The maximum Gasteiger partial charge on any atom is 0.162 e. The summed E-state index contributed by atoms with van der Waals surface area (Å²) < 4.78 is 0. The van der Waals surface area contributed by atoms with Crippen molar-refractivity contribution < 1.29 is 4.79 Å². The van der Waals surface area contributed by atoms with Crippen molar-refractivity contribution in [2.24, 2.45) is 5.41 Å². The topological polar surface area (TPSA) is 40.9 Å². The monoisotopic (exact) mass is 471 g/mol. The minimum atomic E-state index is -0.150. The number of Topliss-reactive ketones (excluding diaryl/α,β-unsaturated/α-hetero) is 1. The van der Waals surface area contributed by atoms with Crippen molar-refractivity contribution in [3.63, 3.8) is 0 Å². The summed E-state index contributed by atoms with van der Waals surface area (Å²) in [7, 11) is 0. The molecule has 0 N–H and O–H groups in total. The Morgan fingerprint density at radius 1 is 0.886 bits per heavy atom. The number of unbranched alkanes of at least 4 members (excludes halogenated alkanes) is 7. The van der Waals surface area contributed by atoms with Crippen LogP contribution in [0.2, 0.25) is 0 Å². The first-order chi connectivity index (χ1) is 17.1. The fraction of sp³-hybridized carbons (Fsp3) is 0.576. The minimum absolute atomic E-state index is 0.150. The summed E-state index contributed by atoms with van der Waals surface area (Å²) in [4.78, 5) is 13.0. The molecule has 0 atom stereocenters. The fourth-order valence-electron chi connectivity index (χ4n) is 5.78. The van der Waals surface area contributed by atoms with Crippen LogP contribution >= 0.6 is 0 Å². The van der Waals surface area contributed by atoms with Crippen LogP contribution in [0.3, 0.4) is 0 Å². The van der Waals surface area contributed by atoms with Gasteiger partial charge in [-0.15, -0.1) is 0 Å². The molecule has 2 nitrogen and oxygen atoms in total. The van der Waals surface area contributed by atoms with Gasteiger partial charge in [-0.2, -0.15) is 5.26 Å². The van der Waals surface area contributed by atoms with Crippen LogP contribution in [0.25, 0.3) is 11.1 Å². The number of nitriles is 1. The summed E-state index contributed by atoms with van der Waals surface area (Å²) in [5, 5.41) is 10.1. The standard InChI is InChI=1S/C33H45NO/c1-3-5-7-9-14-22-33(26-34)23-20-28(21-24-33)31-25-29(32(35)17-13-8-6-4-2)18-19-30(31)27-15-11-10-12-16-27/h10-12,15-16,18-19,25,28H,3-9,13-14,17,20-24H2,1-2H3. The number of ketones is 1. The molecule has 0 aromatic heterocycles. The summed E-state index contributed by atoms with van der Waals surface area (Å²) in [5.74, 6) is 0.691. The SMILES string of the molecule is CCCCCCCC1(C#N)CCC(c2cc(C(=O)CCCCCC)ccc2-c2ccccc2)CC1. The van der Waals surface area contributed by atoms with E-state index >= 15 is 0 Å². The number of carbonyl (C=O) groups excluding carboxylic acids is 1. The smallest absolute Gasteiger partial charge is 0.162 e. The maximum absolute atomic E-state index is 13.0. The third kappa shape index (κ3) is 7.79. The lowest BCUT2D eigenvalue weighted by Gasteiger charge is -2.36. The summed E-state index contributed by atoms with van der Waals surface area (Å²) >= 11 is 0. The molecule has 1 aliphatic carbocycles. The van der Waals surface area contributed by atoms with Crippen LogP contribution in [-0.2, 0) is 0 Å². The molecular formula is C33H45NO. The van der Waals surface area contributed by atoms with E-state index in [1.54, 1.807) is 0 Å². The molecule has 1 fully saturated rings. The normalized spacial score (nSPS) is 19.9. The predicted octanol–water partition coefficient (Wildman–Crippen LogP) is 10.0. The van der Waals surface area contributed by atoms with Gasteiger partial charge < -0.3 is 0 Å². The number of nitrogens with zero attached hydrogens (tertiary/aromatic N) is 1. The number of benzene rings is 2. The summed E-state index contributed by atoms with van der Waals surface area (Å²) in [5.41, 5.74) is 4.50. The van der Waals surface area contributed by atoms with Crippen molar-refractivity contribution in [3.05, 3.63) is 59.7 Å². The average molecular weight is 472 g/mol. The lowest BCUT2D eigenvalue weighted by molar-refractivity contribution is 0.0979. The van der Waals surface area contributed by atoms with Gasteiger partial charge in [0.1, 0.15) is 0 Å². The molecule has 2 heteroatoms. The molecule has 1 aliphatic rings. The lowest BCUT2D eigenvalue weighted by atomic mass is 9.66. The van der Waals surface area contributed by atoms with Crippen molar-refractivity contribution in [1.82, 2.24) is 0 Å². The molecule has 1 saturated carbocycles. The third-order valence-corrected chi connectivity index (χ3v) is 8.09. The van der Waals surface area contributed by atoms with Crippen LogP contribution in [0.4, 0.5) is 0 Å². The molecule has 0 unspecified atom stereocenters. The maximum atomic E-state index is 13.0. The lowest BCUT2D eigenvalue weighted by Crippen LogP contribution is -2.25. The van der Waals surface area contributed by atoms with E-state index in [1.165, 1.54) is 61.6 Å². The van der Waals surface area contributed by atoms with Gasteiger partial charge in [-0.1, -0.05) is 108 Å². The Morgan fingerprint density at radius 3 is 2.20 bits per heavy atom. The molecule has 0 radical (unpaired) electrons. The Bertz CT molecular complexity index is 947. The Balaban J connectivity index is 1.75. The molecule has 2 aromatic carbocycles. The van der Waals surface area contributed by atoms with Gasteiger partial charge in [0.25, 0.3) is 0 Å². The molecule has 188 valence electrons. The van der Waals surface area contributed by atoms with Gasteiger partial charge in [-0.25, -0.2) is 0 Å². The van der Waals surface area contributed by atoms with Crippen molar-refractivity contribution in [1.29, 1.82) is 5.26 Å². The van der Waals surface area contributed by atoms with E-state index in [0.717, 1.165) is 50.5 Å². The zero-order valence-electron chi connectivity index (χ0n) is 22.2. The number of hydrogen-bond acceptors (Lipinski definition) is 2. The number of carbonyl (C=O) groups is 1. The summed E-state index contributed by atoms with van der Waals surface area (Å²) in [6.45, 7) is 4.45. The zero-order chi connectivity index (χ0) is 24.9. The first-order valence-corrected chi connectivity index (χ1v) is 14.3. The quantitative estimate of drug-likeness (QED) is 0.203. The van der Waals surface area contributed by atoms with E-state index in [1.807, 2.05) is 6.07 Å². The van der Waals surface area contributed by atoms with E-state index in [9.17, 15) is 10.1 Å². The average Bonchev–Trinajstić information content (AvgIpc) is 2.91. The third-order valence-electron chi connectivity index (χ3n) is 8.09. The molecule has 35 heavy (non-hydrogen) atoms. The van der Waals surface area contributed by atoms with Gasteiger partial charge in [0.2, 0.25) is 0 Å². The largest absolute Gasteiger partial charge is 0.294 e. The van der Waals surface area contributed by atoms with Gasteiger partial charge in [-0.3, -0.25) is 4.79 Å². The molecule has 0 bridgehead atoms. The predicted molar refractivity (Wildman–Crippen MR) is 148 cm³/mol. The number of rotatable bonds is 14. The van der Waals surface area contributed by atoms with Gasteiger partial charge in [-0.05, 0) is 67.2 Å². The molecule has 0 aliphatic heterocycles. The Morgan fingerprint density at radius 2 is 1.54 bits per heavy atom. The molecule has 0 saturated heterocycles. The fourth-order valence-corrected chi connectivity index (χ4v) is 5.78. The molecule has 0 amide bonds. The van der Waals surface area contributed by atoms with Gasteiger partial charge in [0.15, 0.2) is 5.78 Å². The summed E-state index contributed by atoms with van der Waals surface area (Å²) in [6, 6.07) is 19.7. The van der Waals surface area contributed by atoms with Gasteiger partial charge >= 0.3 is 0 Å². The van der Waals surface area contributed by atoms with Crippen molar-refractivity contribution >= 4 is 5.78 Å². The molecule has 0 spiro atoms. The Kier molecular flexibility index (Phi) is 11.1. The van der Waals surface area contributed by atoms with Gasteiger partial charge in [0.05, 0.1) is 11.5 Å². The molecular weight excluding hydrogens is 426 g/mol. The van der Waals surface area contributed by atoms with Crippen molar-refractivity contribution in [2.45, 2.75) is 116 Å². The highest BCUT2D eigenvalue weighted by atomic mass is 16.1. The first-order valence-electron chi connectivity index (χ1n) is 14.3. The summed E-state index contributed by atoms with van der Waals surface area (Å²) in [6.07, 6.45) is 16.5. The van der Waals surface area contributed by atoms with E-state index in [4.69, 9.17) is 0 Å². The molecule has 0 heterocycles. The van der Waals surface area contributed by atoms with E-state index in [-0.39, 0.29) is 11.2 Å². The van der Waals surface area contributed by atoms with Gasteiger partial charge in [0, 0.05) is 12.0 Å². The molecule has 2 aromatic rings. The van der Waals surface area contributed by atoms with Crippen LogP contribution in [0, 0.1) is 16.7 Å². The highest BCUT2D eigenvalue weighted by Gasteiger charge is 2.36. The second kappa shape index (κ2) is 14.2. The number of hydrogen-bond donors (Lipinski definition) is 0. The highest BCUT2D eigenvalue weighted by Crippen LogP contribution is 2.47. The van der Waals surface area contributed by atoms with E-state index < -0.39 is 0 Å². The zero-order valence-corrected chi connectivity index (χ0v) is 22.2. The van der Waals surface area contributed by atoms with Crippen molar-refractivity contribution in [3.8, 4) is 17.2 Å². The highest BCUT2D eigenvalue weighted by molar-refractivity contribution is 5.97. The van der Waals surface area contributed by atoms with E-state index in [2.05, 4.69) is 62.4 Å². The first kappa shape index (κ1) is 27.2.